The molecule has 0 aliphatic heterocycles. The molecule has 6 heteroatoms. The van der Waals surface area contributed by atoms with Gasteiger partial charge in [0.15, 0.2) is 0 Å². The number of aromatic amines is 1. The zero-order chi connectivity index (χ0) is 29.4. The standard InChI is InChI=1S/C37H36N4O2/c1-42-34-18-14-32(15-19-34)41(33-16-20-35(43-2)21-17-33)31-12-10-28(11-13-31)26-40(27-30-7-5-6-23-38-30)24-22-29-25-39-37-9-4-3-8-36(29)37/h3-21,23,25,39H,22,24,26-27H2,1-2H3. The van der Waals surface area contributed by atoms with Crippen molar-refractivity contribution in [2.24, 2.45) is 0 Å². The molecule has 6 rings (SSSR count). The number of ether oxygens (including phenoxy) is 2. The first kappa shape index (κ1) is 28.1. The molecule has 216 valence electrons. The fourth-order valence-corrected chi connectivity index (χ4v) is 5.47. The van der Waals surface area contributed by atoms with Crippen LogP contribution in [0.2, 0.25) is 0 Å². The molecule has 0 fully saturated rings. The number of benzene rings is 4. The van der Waals surface area contributed by atoms with Gasteiger partial charge in [-0.25, -0.2) is 0 Å². The van der Waals surface area contributed by atoms with E-state index in [-0.39, 0.29) is 0 Å². The summed E-state index contributed by atoms with van der Waals surface area (Å²) in [7, 11) is 3.37. The van der Waals surface area contributed by atoms with Crippen LogP contribution in [-0.2, 0) is 19.5 Å². The molecule has 0 bridgehead atoms. The number of rotatable bonds is 12. The molecule has 43 heavy (non-hydrogen) atoms. The van der Waals surface area contributed by atoms with Gasteiger partial charge in [0, 0.05) is 60.0 Å². The highest BCUT2D eigenvalue weighted by Crippen LogP contribution is 2.36. The van der Waals surface area contributed by atoms with Crippen LogP contribution in [0.15, 0.2) is 128 Å². The number of hydrogen-bond donors (Lipinski definition) is 1. The molecule has 2 heterocycles. The zero-order valence-electron chi connectivity index (χ0n) is 24.6. The lowest BCUT2D eigenvalue weighted by molar-refractivity contribution is 0.257. The van der Waals surface area contributed by atoms with Crippen LogP contribution >= 0.6 is 0 Å². The van der Waals surface area contributed by atoms with Crippen molar-refractivity contribution in [2.75, 3.05) is 25.7 Å². The Balaban J connectivity index is 1.24. The second-order valence-electron chi connectivity index (χ2n) is 10.5. The van der Waals surface area contributed by atoms with Crippen LogP contribution in [0.5, 0.6) is 11.5 Å². The Morgan fingerprint density at radius 3 is 1.86 bits per heavy atom. The largest absolute Gasteiger partial charge is 0.497 e. The third kappa shape index (κ3) is 6.71. The SMILES string of the molecule is COc1ccc(N(c2ccc(CN(CCc3c[nH]c4ccccc34)Cc3ccccn3)cc2)c2ccc(OC)cc2)cc1. The molecule has 2 aromatic heterocycles. The molecule has 0 atom stereocenters. The third-order valence-corrected chi connectivity index (χ3v) is 7.75. The Morgan fingerprint density at radius 1 is 0.651 bits per heavy atom. The number of fused-ring (bicyclic) bond motifs is 1. The van der Waals surface area contributed by atoms with E-state index in [1.807, 2.05) is 36.5 Å². The van der Waals surface area contributed by atoms with Crippen LogP contribution in [0.4, 0.5) is 17.1 Å². The predicted molar refractivity (Wildman–Crippen MR) is 175 cm³/mol. The second-order valence-corrected chi connectivity index (χ2v) is 10.5. The highest BCUT2D eigenvalue weighted by atomic mass is 16.5. The Kier molecular flexibility index (Phi) is 8.66. The van der Waals surface area contributed by atoms with Crippen LogP contribution in [0.3, 0.4) is 0 Å². The maximum Gasteiger partial charge on any atom is 0.119 e. The van der Waals surface area contributed by atoms with E-state index in [1.54, 1.807) is 14.2 Å². The molecule has 0 aliphatic rings. The molecular weight excluding hydrogens is 532 g/mol. The van der Waals surface area contributed by atoms with Gasteiger partial charge in [-0.3, -0.25) is 9.88 Å². The van der Waals surface area contributed by atoms with Gasteiger partial charge < -0.3 is 19.4 Å². The van der Waals surface area contributed by atoms with Gasteiger partial charge in [-0.2, -0.15) is 0 Å². The number of hydrogen-bond acceptors (Lipinski definition) is 5. The molecule has 0 amide bonds. The Morgan fingerprint density at radius 2 is 1.26 bits per heavy atom. The molecule has 0 unspecified atom stereocenters. The maximum atomic E-state index is 5.40. The van der Waals surface area contributed by atoms with Crippen molar-refractivity contribution in [1.29, 1.82) is 0 Å². The van der Waals surface area contributed by atoms with Gasteiger partial charge in [0.1, 0.15) is 11.5 Å². The first-order chi connectivity index (χ1) is 21.2. The van der Waals surface area contributed by atoms with E-state index in [2.05, 4.69) is 111 Å². The van der Waals surface area contributed by atoms with Crippen molar-refractivity contribution in [2.45, 2.75) is 19.5 Å². The van der Waals surface area contributed by atoms with Crippen molar-refractivity contribution < 1.29 is 9.47 Å². The number of anilines is 3. The number of aromatic nitrogens is 2. The first-order valence-electron chi connectivity index (χ1n) is 14.5. The Bertz CT molecular complexity index is 1680. The van der Waals surface area contributed by atoms with Crippen molar-refractivity contribution >= 4 is 28.0 Å². The summed E-state index contributed by atoms with van der Waals surface area (Å²) in [4.78, 5) is 12.7. The zero-order valence-corrected chi connectivity index (χ0v) is 24.6. The van der Waals surface area contributed by atoms with Crippen LogP contribution in [-0.4, -0.2) is 35.6 Å². The normalized spacial score (nSPS) is 11.1. The summed E-state index contributed by atoms with van der Waals surface area (Å²) >= 11 is 0. The molecule has 0 radical (unpaired) electrons. The third-order valence-electron chi connectivity index (χ3n) is 7.75. The summed E-state index contributed by atoms with van der Waals surface area (Å²) < 4.78 is 10.8. The minimum absolute atomic E-state index is 0.786. The first-order valence-corrected chi connectivity index (χ1v) is 14.5. The Labute approximate surface area is 253 Å². The monoisotopic (exact) mass is 568 g/mol. The summed E-state index contributed by atoms with van der Waals surface area (Å²) in [6, 6.07) is 39.8. The molecule has 0 aliphatic carbocycles. The van der Waals surface area contributed by atoms with Gasteiger partial charge >= 0.3 is 0 Å². The summed E-state index contributed by atoms with van der Waals surface area (Å²) in [5.41, 5.74) is 8.03. The van der Waals surface area contributed by atoms with Gasteiger partial charge in [0.2, 0.25) is 0 Å². The lowest BCUT2D eigenvalue weighted by atomic mass is 10.1. The van der Waals surface area contributed by atoms with Crippen LogP contribution in [0, 0.1) is 0 Å². The topological polar surface area (TPSA) is 53.6 Å². The average molecular weight is 569 g/mol. The lowest BCUT2D eigenvalue weighted by Gasteiger charge is -2.26. The number of para-hydroxylation sites is 1. The minimum atomic E-state index is 0.786. The fourth-order valence-electron chi connectivity index (χ4n) is 5.47. The van der Waals surface area contributed by atoms with E-state index >= 15 is 0 Å². The van der Waals surface area contributed by atoms with E-state index in [0.29, 0.717) is 0 Å². The number of H-pyrrole nitrogens is 1. The predicted octanol–water partition coefficient (Wildman–Crippen LogP) is 8.29. The van der Waals surface area contributed by atoms with E-state index in [1.165, 1.54) is 22.0 Å². The molecule has 6 nitrogen and oxygen atoms in total. The van der Waals surface area contributed by atoms with Crippen molar-refractivity contribution in [1.82, 2.24) is 14.9 Å². The number of methoxy groups -OCH3 is 2. The molecule has 0 spiro atoms. The van der Waals surface area contributed by atoms with Gasteiger partial charge in [-0.15, -0.1) is 0 Å². The highest BCUT2D eigenvalue weighted by molar-refractivity contribution is 5.83. The van der Waals surface area contributed by atoms with Gasteiger partial charge in [-0.05, 0) is 96.4 Å². The molecular formula is C37H36N4O2. The summed E-state index contributed by atoms with van der Waals surface area (Å²) in [6.07, 6.45) is 4.97. The molecule has 0 saturated heterocycles. The number of pyridine rings is 1. The molecule has 0 saturated carbocycles. The van der Waals surface area contributed by atoms with E-state index in [9.17, 15) is 0 Å². The van der Waals surface area contributed by atoms with Crippen LogP contribution in [0.25, 0.3) is 10.9 Å². The van der Waals surface area contributed by atoms with Crippen molar-refractivity contribution in [3.63, 3.8) is 0 Å². The quantitative estimate of drug-likeness (QED) is 0.161. The van der Waals surface area contributed by atoms with Crippen molar-refractivity contribution in [3.05, 3.63) is 144 Å². The van der Waals surface area contributed by atoms with Gasteiger partial charge in [-0.1, -0.05) is 36.4 Å². The summed E-state index contributed by atoms with van der Waals surface area (Å²) in [5, 5.41) is 1.29. The fraction of sp³-hybridized carbons (Fsp3) is 0.162. The van der Waals surface area contributed by atoms with Gasteiger partial charge in [0.25, 0.3) is 0 Å². The van der Waals surface area contributed by atoms with E-state index in [4.69, 9.17) is 9.47 Å². The summed E-state index contributed by atoms with van der Waals surface area (Å²) in [6.45, 7) is 2.53. The van der Waals surface area contributed by atoms with E-state index < -0.39 is 0 Å². The molecule has 1 N–H and O–H groups in total. The van der Waals surface area contributed by atoms with Gasteiger partial charge in [0.05, 0.1) is 19.9 Å². The van der Waals surface area contributed by atoms with Crippen LogP contribution in [0.1, 0.15) is 16.8 Å². The average Bonchev–Trinajstić information content (AvgIpc) is 3.49. The van der Waals surface area contributed by atoms with E-state index in [0.717, 1.165) is 60.3 Å². The molecule has 4 aromatic carbocycles. The van der Waals surface area contributed by atoms with Crippen molar-refractivity contribution in [3.8, 4) is 11.5 Å². The second kappa shape index (κ2) is 13.3. The summed E-state index contributed by atoms with van der Waals surface area (Å²) in [5.74, 6) is 1.66. The lowest BCUT2D eigenvalue weighted by Crippen LogP contribution is -2.25. The highest BCUT2D eigenvalue weighted by Gasteiger charge is 2.15. The van der Waals surface area contributed by atoms with Crippen LogP contribution < -0.4 is 14.4 Å². The number of nitrogens with one attached hydrogen (secondary N) is 1. The minimum Gasteiger partial charge on any atom is -0.497 e. The smallest absolute Gasteiger partial charge is 0.119 e. The molecule has 6 aromatic rings. The number of nitrogens with zero attached hydrogens (tertiary/aromatic N) is 3. The Hall–Kier alpha value is -5.07. The maximum absolute atomic E-state index is 5.40.